The van der Waals surface area contributed by atoms with Gasteiger partial charge in [0.25, 0.3) is 0 Å². The highest BCUT2D eigenvalue weighted by Gasteiger charge is 2.34. The topological polar surface area (TPSA) is 72.2 Å². The molecule has 0 aliphatic rings. The summed E-state index contributed by atoms with van der Waals surface area (Å²) < 4.78 is 44.5. The Morgan fingerprint density at radius 1 is 1.56 bits per heavy atom. The lowest BCUT2D eigenvalue weighted by atomic mass is 10.2. The predicted molar refractivity (Wildman–Crippen MR) is 51.6 cm³/mol. The van der Waals surface area contributed by atoms with E-state index in [4.69, 9.17) is 5.26 Å². The van der Waals surface area contributed by atoms with Gasteiger partial charge >= 0.3 is 12.3 Å². The molecule has 0 aliphatic carbocycles. The van der Waals surface area contributed by atoms with E-state index in [2.05, 4.69) is 14.5 Å². The average molecular weight is 260 g/mol. The molecule has 5 nitrogen and oxygen atoms in total. The highest BCUT2D eigenvalue weighted by Crippen LogP contribution is 2.26. The Hall–Kier alpha value is -2.30. The Morgan fingerprint density at radius 3 is 2.72 bits per heavy atom. The van der Waals surface area contributed by atoms with Gasteiger partial charge in [-0.3, -0.25) is 0 Å². The highest BCUT2D eigenvalue weighted by atomic mass is 19.4. The molecular weight excluding hydrogens is 253 g/mol. The minimum atomic E-state index is -4.99. The first-order valence-electron chi connectivity index (χ1n) is 4.70. The summed E-state index contributed by atoms with van der Waals surface area (Å²) in [7, 11) is 0. The Labute approximate surface area is 99.8 Å². The summed E-state index contributed by atoms with van der Waals surface area (Å²) in [5, 5.41) is 8.55. The molecular formula is C10H7F3N2O3. The Bertz CT molecular complexity index is 494. The van der Waals surface area contributed by atoms with Gasteiger partial charge in [0.15, 0.2) is 11.4 Å². The molecule has 0 saturated heterocycles. The fraction of sp³-hybridized carbons (Fsp3) is 0.300. The molecule has 0 spiro atoms. The van der Waals surface area contributed by atoms with Crippen molar-refractivity contribution in [2.24, 2.45) is 0 Å². The summed E-state index contributed by atoms with van der Waals surface area (Å²) >= 11 is 0. The zero-order chi connectivity index (χ0) is 13.8. The zero-order valence-electron chi connectivity index (χ0n) is 9.11. The number of hydrogen-bond donors (Lipinski definition) is 0. The molecule has 0 aromatic carbocycles. The van der Waals surface area contributed by atoms with Gasteiger partial charge in [-0.05, 0) is 6.92 Å². The van der Waals surface area contributed by atoms with Crippen molar-refractivity contribution < 1.29 is 27.4 Å². The van der Waals surface area contributed by atoms with Crippen molar-refractivity contribution in [2.45, 2.75) is 13.3 Å². The molecule has 1 aromatic heterocycles. The van der Waals surface area contributed by atoms with E-state index in [0.29, 0.717) is 0 Å². The molecule has 0 fully saturated rings. The first kappa shape index (κ1) is 13.8. The third-order valence-corrected chi connectivity index (χ3v) is 1.68. The van der Waals surface area contributed by atoms with Gasteiger partial charge in [-0.25, -0.2) is 9.78 Å². The third-order valence-electron chi connectivity index (χ3n) is 1.68. The smallest absolute Gasteiger partial charge is 0.461 e. The van der Waals surface area contributed by atoms with Crippen LogP contribution in [-0.4, -0.2) is 23.9 Å². The number of nitrogens with zero attached hydrogens (tertiary/aromatic N) is 2. The molecule has 0 aliphatic heterocycles. The second-order valence-corrected chi connectivity index (χ2v) is 2.95. The van der Waals surface area contributed by atoms with E-state index in [1.54, 1.807) is 6.07 Å². The maximum absolute atomic E-state index is 12.1. The van der Waals surface area contributed by atoms with Crippen LogP contribution in [0.1, 0.15) is 23.0 Å². The van der Waals surface area contributed by atoms with Crippen LogP contribution in [0.2, 0.25) is 0 Å². The average Bonchev–Trinajstić information content (AvgIpc) is 2.27. The van der Waals surface area contributed by atoms with Gasteiger partial charge < -0.3 is 9.47 Å². The van der Waals surface area contributed by atoms with Crippen molar-refractivity contribution in [2.75, 3.05) is 6.61 Å². The van der Waals surface area contributed by atoms with Crippen LogP contribution in [0.15, 0.2) is 12.3 Å². The summed E-state index contributed by atoms with van der Waals surface area (Å²) in [5.74, 6) is -1.92. The van der Waals surface area contributed by atoms with Crippen molar-refractivity contribution >= 4 is 5.97 Å². The molecule has 1 rings (SSSR count). The zero-order valence-corrected chi connectivity index (χ0v) is 9.11. The third kappa shape index (κ3) is 3.62. The van der Waals surface area contributed by atoms with E-state index in [-0.39, 0.29) is 12.2 Å². The number of pyridine rings is 1. The molecule has 0 saturated carbocycles. The molecule has 8 heteroatoms. The van der Waals surface area contributed by atoms with Crippen molar-refractivity contribution in [3.8, 4) is 11.8 Å². The number of aromatic nitrogens is 1. The lowest BCUT2D eigenvalue weighted by molar-refractivity contribution is -0.274. The van der Waals surface area contributed by atoms with Crippen LogP contribution in [0, 0.1) is 11.3 Å². The van der Waals surface area contributed by atoms with Gasteiger partial charge in [-0.15, -0.1) is 13.2 Å². The minimum Gasteiger partial charge on any atom is -0.461 e. The second-order valence-electron chi connectivity index (χ2n) is 2.95. The van der Waals surface area contributed by atoms with Gasteiger partial charge in [0.05, 0.1) is 12.2 Å². The molecule has 0 N–H and O–H groups in total. The number of carbonyl (C=O) groups excluding carboxylic acids is 1. The van der Waals surface area contributed by atoms with Gasteiger partial charge in [0, 0.05) is 12.3 Å². The monoisotopic (exact) mass is 260 g/mol. The van der Waals surface area contributed by atoms with Crippen LogP contribution >= 0.6 is 0 Å². The molecule has 0 unspecified atom stereocenters. The van der Waals surface area contributed by atoms with E-state index in [9.17, 15) is 18.0 Å². The van der Waals surface area contributed by atoms with Crippen molar-refractivity contribution in [3.05, 3.63) is 23.5 Å². The van der Waals surface area contributed by atoms with Crippen LogP contribution in [-0.2, 0) is 4.74 Å². The van der Waals surface area contributed by atoms with Crippen LogP contribution in [0.25, 0.3) is 0 Å². The molecule has 0 amide bonds. The number of rotatable bonds is 3. The van der Waals surface area contributed by atoms with Gasteiger partial charge in [-0.1, -0.05) is 0 Å². The molecule has 18 heavy (non-hydrogen) atoms. The summed E-state index contributed by atoms with van der Waals surface area (Å²) in [4.78, 5) is 14.8. The van der Waals surface area contributed by atoms with Crippen molar-refractivity contribution in [1.82, 2.24) is 4.98 Å². The maximum Gasteiger partial charge on any atom is 0.573 e. The standard InChI is InChI=1S/C10H7F3N2O3/c1-2-17-9(16)8-7(18-10(11,12)13)3-6(4-14)5-15-8/h3,5H,2H2,1H3. The van der Waals surface area contributed by atoms with Gasteiger partial charge in [0.2, 0.25) is 0 Å². The van der Waals surface area contributed by atoms with Crippen molar-refractivity contribution in [3.63, 3.8) is 0 Å². The van der Waals surface area contributed by atoms with Crippen LogP contribution in [0.4, 0.5) is 13.2 Å². The number of esters is 1. The maximum atomic E-state index is 12.1. The number of hydrogen-bond acceptors (Lipinski definition) is 5. The number of alkyl halides is 3. The van der Waals surface area contributed by atoms with Crippen LogP contribution in [0.3, 0.4) is 0 Å². The van der Waals surface area contributed by atoms with Crippen LogP contribution < -0.4 is 4.74 Å². The Morgan fingerprint density at radius 2 is 2.22 bits per heavy atom. The fourth-order valence-electron chi connectivity index (χ4n) is 1.06. The molecule has 0 atom stereocenters. The molecule has 0 bridgehead atoms. The lowest BCUT2D eigenvalue weighted by Gasteiger charge is -2.11. The molecule has 96 valence electrons. The van der Waals surface area contributed by atoms with Gasteiger partial charge in [-0.2, -0.15) is 5.26 Å². The Balaban J connectivity index is 3.17. The van der Waals surface area contributed by atoms with E-state index in [0.717, 1.165) is 12.3 Å². The quantitative estimate of drug-likeness (QED) is 0.777. The Kier molecular flexibility index (Phi) is 4.09. The minimum absolute atomic E-state index is 0.0219. The number of ether oxygens (including phenoxy) is 2. The summed E-state index contributed by atoms with van der Waals surface area (Å²) in [6, 6.07) is 2.36. The first-order chi connectivity index (χ1) is 8.37. The molecule has 1 heterocycles. The summed E-state index contributed by atoms with van der Waals surface area (Å²) in [6.45, 7) is 1.47. The highest BCUT2D eigenvalue weighted by molar-refractivity contribution is 5.90. The van der Waals surface area contributed by atoms with E-state index >= 15 is 0 Å². The molecule has 1 aromatic rings. The predicted octanol–water partition coefficient (Wildman–Crippen LogP) is 2.03. The van der Waals surface area contributed by atoms with Crippen LogP contribution in [0.5, 0.6) is 5.75 Å². The molecule has 0 radical (unpaired) electrons. The van der Waals surface area contributed by atoms with E-state index < -0.39 is 23.8 Å². The summed E-state index contributed by atoms with van der Waals surface area (Å²) in [6.07, 6.45) is -4.04. The largest absolute Gasteiger partial charge is 0.573 e. The lowest BCUT2D eigenvalue weighted by Crippen LogP contribution is -2.20. The number of nitriles is 1. The number of halogens is 3. The normalized spacial score (nSPS) is 10.6. The first-order valence-corrected chi connectivity index (χ1v) is 4.70. The second kappa shape index (κ2) is 5.35. The van der Waals surface area contributed by atoms with Gasteiger partial charge in [0.1, 0.15) is 6.07 Å². The van der Waals surface area contributed by atoms with E-state index in [1.165, 1.54) is 6.92 Å². The SMILES string of the molecule is CCOC(=O)c1ncc(C#N)cc1OC(F)(F)F. The van der Waals surface area contributed by atoms with Crippen molar-refractivity contribution in [1.29, 1.82) is 5.26 Å². The summed E-state index contributed by atoms with van der Waals surface area (Å²) in [5.41, 5.74) is -0.796. The fourth-order valence-corrected chi connectivity index (χ4v) is 1.06. The number of carbonyl (C=O) groups is 1. The van der Waals surface area contributed by atoms with E-state index in [1.807, 2.05) is 0 Å².